The Morgan fingerprint density at radius 3 is 2.61 bits per heavy atom. The van der Waals surface area contributed by atoms with E-state index in [0.717, 1.165) is 41.1 Å². The quantitative estimate of drug-likeness (QED) is 0.399. The summed E-state index contributed by atoms with van der Waals surface area (Å²) in [5, 5.41) is 3.10. The number of carbonyl (C=O) groups excluding carboxylic acids is 1. The molecule has 1 aromatic heterocycles. The zero-order valence-electron chi connectivity index (χ0n) is 17.9. The van der Waals surface area contributed by atoms with Crippen molar-refractivity contribution in [3.8, 4) is 5.75 Å². The third-order valence-electron chi connectivity index (χ3n) is 5.24. The fourth-order valence-electron chi connectivity index (χ4n) is 3.72. The van der Waals surface area contributed by atoms with Crippen LogP contribution in [0.4, 0.5) is 0 Å². The van der Waals surface area contributed by atoms with Gasteiger partial charge in [-0.1, -0.05) is 48.0 Å². The van der Waals surface area contributed by atoms with Crippen LogP contribution in [0.3, 0.4) is 0 Å². The summed E-state index contributed by atoms with van der Waals surface area (Å²) < 4.78 is 8.03. The number of nitrogens with one attached hydrogen (secondary N) is 1. The van der Waals surface area contributed by atoms with Gasteiger partial charge < -0.3 is 14.6 Å². The minimum Gasteiger partial charge on any atom is -0.494 e. The second-order valence-electron chi connectivity index (χ2n) is 7.69. The molecule has 4 rings (SSSR count). The molecule has 4 aromatic rings. The Hall–Kier alpha value is -3.60. The average Bonchev–Trinajstić information content (AvgIpc) is 3.16. The fourth-order valence-corrected chi connectivity index (χ4v) is 3.72. The summed E-state index contributed by atoms with van der Waals surface area (Å²) in [7, 11) is 0. The monoisotopic (exact) mass is 413 g/mol. The minimum absolute atomic E-state index is 0.0952. The summed E-state index contributed by atoms with van der Waals surface area (Å²) in [5.41, 5.74) is 3.71. The molecule has 31 heavy (non-hydrogen) atoms. The molecule has 0 saturated heterocycles. The van der Waals surface area contributed by atoms with Gasteiger partial charge in [-0.15, -0.1) is 0 Å². The van der Waals surface area contributed by atoms with Crippen LogP contribution in [0.5, 0.6) is 5.75 Å². The zero-order chi connectivity index (χ0) is 21.6. The van der Waals surface area contributed by atoms with Crippen molar-refractivity contribution in [2.75, 3.05) is 6.61 Å². The Bertz CT molecular complexity index is 1170. The standard InChI is InChI=1S/C26H27N3O2/c1-19-10-8-11-21(18-19)26(30)27-20(2)25-28-23-14-6-7-15-24(23)29(25)16-9-17-31-22-12-4-3-5-13-22/h3-8,10-15,18,20H,9,16-17H2,1-2H3,(H,27,30). The van der Waals surface area contributed by atoms with Gasteiger partial charge in [0.1, 0.15) is 11.6 Å². The van der Waals surface area contributed by atoms with Gasteiger partial charge in [0.05, 0.1) is 23.7 Å². The number of hydrogen-bond donors (Lipinski definition) is 1. The van der Waals surface area contributed by atoms with Crippen molar-refractivity contribution < 1.29 is 9.53 Å². The molecule has 0 saturated carbocycles. The SMILES string of the molecule is Cc1cccc(C(=O)NC(C)c2nc3ccccc3n2CCCOc2ccccc2)c1. The van der Waals surface area contributed by atoms with Crippen molar-refractivity contribution in [1.29, 1.82) is 0 Å². The third kappa shape index (κ3) is 4.94. The maximum absolute atomic E-state index is 12.8. The molecular weight excluding hydrogens is 386 g/mol. The van der Waals surface area contributed by atoms with Gasteiger partial charge in [-0.3, -0.25) is 4.79 Å². The molecule has 3 aromatic carbocycles. The number of imidazole rings is 1. The van der Waals surface area contributed by atoms with Gasteiger partial charge in [-0.05, 0) is 56.7 Å². The molecule has 1 N–H and O–H groups in total. The second-order valence-corrected chi connectivity index (χ2v) is 7.69. The van der Waals surface area contributed by atoms with E-state index in [0.29, 0.717) is 12.2 Å². The van der Waals surface area contributed by atoms with Gasteiger partial charge in [0.2, 0.25) is 0 Å². The highest BCUT2D eigenvalue weighted by atomic mass is 16.5. The zero-order valence-corrected chi connectivity index (χ0v) is 17.9. The van der Waals surface area contributed by atoms with Crippen molar-refractivity contribution >= 4 is 16.9 Å². The first-order valence-corrected chi connectivity index (χ1v) is 10.6. The Kier molecular flexibility index (Phi) is 6.32. The average molecular weight is 414 g/mol. The van der Waals surface area contributed by atoms with Crippen molar-refractivity contribution in [1.82, 2.24) is 14.9 Å². The van der Waals surface area contributed by atoms with E-state index in [-0.39, 0.29) is 11.9 Å². The van der Waals surface area contributed by atoms with E-state index in [1.165, 1.54) is 0 Å². The highest BCUT2D eigenvalue weighted by Gasteiger charge is 2.19. The van der Waals surface area contributed by atoms with Crippen molar-refractivity contribution in [2.45, 2.75) is 32.9 Å². The number of amides is 1. The smallest absolute Gasteiger partial charge is 0.251 e. The second kappa shape index (κ2) is 9.47. The van der Waals surface area contributed by atoms with Crippen LogP contribution in [0, 0.1) is 6.92 Å². The Morgan fingerprint density at radius 2 is 1.81 bits per heavy atom. The summed E-state index contributed by atoms with van der Waals surface area (Å²) in [6.07, 6.45) is 0.834. The van der Waals surface area contributed by atoms with Crippen LogP contribution in [0.2, 0.25) is 0 Å². The molecule has 0 spiro atoms. The lowest BCUT2D eigenvalue weighted by molar-refractivity contribution is 0.0937. The van der Waals surface area contributed by atoms with Crippen LogP contribution in [-0.2, 0) is 6.54 Å². The molecule has 1 unspecified atom stereocenters. The molecule has 1 heterocycles. The van der Waals surface area contributed by atoms with E-state index in [9.17, 15) is 4.79 Å². The molecule has 0 radical (unpaired) electrons. The number of benzene rings is 3. The van der Waals surface area contributed by atoms with Crippen LogP contribution in [0.25, 0.3) is 11.0 Å². The van der Waals surface area contributed by atoms with Gasteiger partial charge in [0, 0.05) is 12.1 Å². The molecular formula is C26H27N3O2. The van der Waals surface area contributed by atoms with E-state index >= 15 is 0 Å². The highest BCUT2D eigenvalue weighted by Crippen LogP contribution is 2.22. The summed E-state index contributed by atoms with van der Waals surface area (Å²) in [6, 6.07) is 25.3. The number of nitrogens with zero attached hydrogens (tertiary/aromatic N) is 2. The first-order valence-electron chi connectivity index (χ1n) is 10.6. The largest absolute Gasteiger partial charge is 0.494 e. The lowest BCUT2D eigenvalue weighted by Gasteiger charge is -2.17. The molecule has 5 heteroatoms. The van der Waals surface area contributed by atoms with Crippen LogP contribution >= 0.6 is 0 Å². The Balaban J connectivity index is 1.49. The highest BCUT2D eigenvalue weighted by molar-refractivity contribution is 5.94. The van der Waals surface area contributed by atoms with E-state index in [1.807, 2.05) is 86.6 Å². The fraction of sp³-hybridized carbons (Fsp3) is 0.231. The maximum Gasteiger partial charge on any atom is 0.251 e. The van der Waals surface area contributed by atoms with Crippen molar-refractivity contribution in [3.63, 3.8) is 0 Å². The first-order chi connectivity index (χ1) is 15.1. The molecule has 1 amide bonds. The number of fused-ring (bicyclic) bond motifs is 1. The number of para-hydroxylation sites is 3. The molecule has 0 aliphatic carbocycles. The van der Waals surface area contributed by atoms with Crippen LogP contribution in [-0.4, -0.2) is 22.1 Å². The number of aryl methyl sites for hydroxylation is 2. The number of ether oxygens (including phenoxy) is 1. The Morgan fingerprint density at radius 1 is 1.03 bits per heavy atom. The van der Waals surface area contributed by atoms with Gasteiger partial charge in [-0.2, -0.15) is 0 Å². The van der Waals surface area contributed by atoms with Crippen molar-refractivity contribution in [3.05, 3.63) is 95.8 Å². The van der Waals surface area contributed by atoms with Crippen LogP contribution in [0.15, 0.2) is 78.9 Å². The summed E-state index contributed by atoms with van der Waals surface area (Å²) in [4.78, 5) is 17.6. The van der Waals surface area contributed by atoms with E-state index in [4.69, 9.17) is 9.72 Å². The third-order valence-corrected chi connectivity index (χ3v) is 5.24. The lowest BCUT2D eigenvalue weighted by atomic mass is 10.1. The molecule has 158 valence electrons. The molecule has 0 bridgehead atoms. The molecule has 0 fully saturated rings. The van der Waals surface area contributed by atoms with Crippen LogP contribution in [0.1, 0.15) is 41.1 Å². The van der Waals surface area contributed by atoms with E-state index in [1.54, 1.807) is 0 Å². The molecule has 0 aliphatic heterocycles. The number of hydrogen-bond acceptors (Lipinski definition) is 3. The predicted molar refractivity (Wildman–Crippen MR) is 123 cm³/mol. The van der Waals surface area contributed by atoms with Crippen molar-refractivity contribution in [2.24, 2.45) is 0 Å². The van der Waals surface area contributed by atoms with Crippen LogP contribution < -0.4 is 10.1 Å². The minimum atomic E-state index is -0.226. The summed E-state index contributed by atoms with van der Waals surface area (Å²) in [5.74, 6) is 1.63. The van der Waals surface area contributed by atoms with Gasteiger partial charge in [0.15, 0.2) is 0 Å². The summed E-state index contributed by atoms with van der Waals surface area (Å²) >= 11 is 0. The van der Waals surface area contributed by atoms with E-state index in [2.05, 4.69) is 16.0 Å². The maximum atomic E-state index is 12.8. The summed E-state index contributed by atoms with van der Waals surface area (Å²) in [6.45, 7) is 5.33. The molecule has 5 nitrogen and oxygen atoms in total. The first kappa shape index (κ1) is 20.7. The predicted octanol–water partition coefficient (Wildman–Crippen LogP) is 5.30. The Labute approximate surface area is 182 Å². The lowest BCUT2D eigenvalue weighted by Crippen LogP contribution is -2.29. The van der Waals surface area contributed by atoms with E-state index < -0.39 is 0 Å². The van der Waals surface area contributed by atoms with Gasteiger partial charge in [-0.25, -0.2) is 4.98 Å². The topological polar surface area (TPSA) is 56.2 Å². The number of rotatable bonds is 8. The molecule has 0 aliphatic rings. The number of carbonyl (C=O) groups is 1. The number of aromatic nitrogens is 2. The normalized spacial score (nSPS) is 11.9. The molecule has 1 atom stereocenters. The van der Waals surface area contributed by atoms with Gasteiger partial charge in [0.25, 0.3) is 5.91 Å². The van der Waals surface area contributed by atoms with Gasteiger partial charge >= 0.3 is 0 Å².